The molecule has 9 heteroatoms. The molecular weight excluding hydrogens is 368 g/mol. The SMILES string of the molecule is Cc1ccc(-c2noc(CCNC(=O)C3CCN(S(C)(=O)=O)CC3)n2)cc1. The van der Waals surface area contributed by atoms with Crippen molar-refractivity contribution in [2.75, 3.05) is 25.9 Å². The quantitative estimate of drug-likeness (QED) is 0.796. The summed E-state index contributed by atoms with van der Waals surface area (Å²) >= 11 is 0. The molecule has 0 spiro atoms. The number of carbonyl (C=O) groups excluding carboxylic acids is 1. The number of aryl methyl sites for hydroxylation is 1. The van der Waals surface area contributed by atoms with E-state index < -0.39 is 10.0 Å². The maximum Gasteiger partial charge on any atom is 0.228 e. The van der Waals surface area contributed by atoms with Gasteiger partial charge in [-0.3, -0.25) is 4.79 Å². The summed E-state index contributed by atoms with van der Waals surface area (Å²) in [6.07, 6.45) is 2.73. The summed E-state index contributed by atoms with van der Waals surface area (Å²) in [5.41, 5.74) is 2.05. The van der Waals surface area contributed by atoms with Crippen LogP contribution in [0.4, 0.5) is 0 Å². The summed E-state index contributed by atoms with van der Waals surface area (Å²) < 4.78 is 29.7. The number of carbonyl (C=O) groups is 1. The van der Waals surface area contributed by atoms with E-state index in [-0.39, 0.29) is 11.8 Å². The zero-order valence-corrected chi connectivity index (χ0v) is 16.3. The lowest BCUT2D eigenvalue weighted by Crippen LogP contribution is -2.42. The second-order valence-corrected chi connectivity index (χ2v) is 8.84. The maximum absolute atomic E-state index is 12.3. The summed E-state index contributed by atoms with van der Waals surface area (Å²) in [6.45, 7) is 3.20. The molecule has 8 nitrogen and oxygen atoms in total. The molecule has 1 amide bonds. The first kappa shape index (κ1) is 19.5. The Hall–Kier alpha value is -2.26. The molecule has 27 heavy (non-hydrogen) atoms. The first-order valence-electron chi connectivity index (χ1n) is 8.95. The minimum Gasteiger partial charge on any atom is -0.355 e. The Morgan fingerprint density at radius 2 is 1.93 bits per heavy atom. The topological polar surface area (TPSA) is 105 Å². The van der Waals surface area contributed by atoms with Crippen molar-refractivity contribution in [2.45, 2.75) is 26.2 Å². The molecule has 1 aliphatic rings. The van der Waals surface area contributed by atoms with E-state index >= 15 is 0 Å². The number of amides is 1. The summed E-state index contributed by atoms with van der Waals surface area (Å²) in [7, 11) is -3.18. The van der Waals surface area contributed by atoms with E-state index in [0.717, 1.165) is 11.1 Å². The van der Waals surface area contributed by atoms with Crippen LogP contribution in [0.3, 0.4) is 0 Å². The van der Waals surface area contributed by atoms with Crippen molar-refractivity contribution in [1.82, 2.24) is 19.8 Å². The second kappa shape index (κ2) is 8.18. The molecule has 2 heterocycles. The molecule has 0 radical (unpaired) electrons. The smallest absolute Gasteiger partial charge is 0.228 e. The number of aromatic nitrogens is 2. The van der Waals surface area contributed by atoms with E-state index in [9.17, 15) is 13.2 Å². The average molecular weight is 392 g/mol. The van der Waals surface area contributed by atoms with E-state index in [0.29, 0.717) is 50.6 Å². The van der Waals surface area contributed by atoms with E-state index in [2.05, 4.69) is 15.5 Å². The zero-order chi connectivity index (χ0) is 19.4. The number of benzene rings is 1. The Labute approximate surface area is 159 Å². The van der Waals surface area contributed by atoms with Gasteiger partial charge in [-0.05, 0) is 19.8 Å². The summed E-state index contributed by atoms with van der Waals surface area (Å²) in [4.78, 5) is 16.6. The van der Waals surface area contributed by atoms with Crippen molar-refractivity contribution in [1.29, 1.82) is 0 Å². The van der Waals surface area contributed by atoms with Gasteiger partial charge in [0.25, 0.3) is 0 Å². The van der Waals surface area contributed by atoms with Crippen LogP contribution in [0.1, 0.15) is 24.3 Å². The third kappa shape index (κ3) is 5.14. The molecule has 1 aliphatic heterocycles. The molecule has 146 valence electrons. The van der Waals surface area contributed by atoms with E-state index in [4.69, 9.17) is 4.52 Å². The number of piperidine rings is 1. The molecule has 3 rings (SSSR count). The highest BCUT2D eigenvalue weighted by atomic mass is 32.2. The van der Waals surface area contributed by atoms with Crippen molar-refractivity contribution >= 4 is 15.9 Å². The molecular formula is C18H24N4O4S. The number of nitrogens with one attached hydrogen (secondary N) is 1. The Morgan fingerprint density at radius 1 is 1.26 bits per heavy atom. The number of nitrogens with zero attached hydrogens (tertiary/aromatic N) is 3. The van der Waals surface area contributed by atoms with Gasteiger partial charge in [0.15, 0.2) is 0 Å². The van der Waals surface area contributed by atoms with Gasteiger partial charge < -0.3 is 9.84 Å². The van der Waals surface area contributed by atoms with Gasteiger partial charge in [-0.2, -0.15) is 4.98 Å². The molecule has 1 fully saturated rings. The van der Waals surface area contributed by atoms with Crippen molar-refractivity contribution < 1.29 is 17.7 Å². The maximum atomic E-state index is 12.3. The van der Waals surface area contributed by atoms with Crippen molar-refractivity contribution in [2.24, 2.45) is 5.92 Å². The van der Waals surface area contributed by atoms with Crippen LogP contribution >= 0.6 is 0 Å². The molecule has 0 bridgehead atoms. The Balaban J connectivity index is 1.45. The van der Waals surface area contributed by atoms with Gasteiger partial charge in [-0.1, -0.05) is 35.0 Å². The van der Waals surface area contributed by atoms with E-state index in [1.54, 1.807) is 0 Å². The highest BCUT2D eigenvalue weighted by molar-refractivity contribution is 7.88. The molecule has 0 atom stereocenters. The first-order chi connectivity index (χ1) is 12.8. The number of hydrogen-bond donors (Lipinski definition) is 1. The molecule has 0 aliphatic carbocycles. The molecule has 1 saturated heterocycles. The van der Waals surface area contributed by atoms with Gasteiger partial charge in [0.1, 0.15) is 0 Å². The molecule has 1 N–H and O–H groups in total. The van der Waals surface area contributed by atoms with Gasteiger partial charge in [-0.25, -0.2) is 12.7 Å². The lowest BCUT2D eigenvalue weighted by Gasteiger charge is -2.29. The monoisotopic (exact) mass is 392 g/mol. The fourth-order valence-corrected chi connectivity index (χ4v) is 3.94. The second-order valence-electron chi connectivity index (χ2n) is 6.86. The fourth-order valence-electron chi connectivity index (χ4n) is 3.06. The summed E-state index contributed by atoms with van der Waals surface area (Å²) in [5, 5.41) is 6.85. The largest absolute Gasteiger partial charge is 0.355 e. The van der Waals surface area contributed by atoms with E-state index in [1.165, 1.54) is 10.6 Å². The highest BCUT2D eigenvalue weighted by Crippen LogP contribution is 2.19. The van der Waals surface area contributed by atoms with Crippen molar-refractivity contribution in [3.63, 3.8) is 0 Å². The van der Waals surface area contributed by atoms with Crippen molar-refractivity contribution in [3.05, 3.63) is 35.7 Å². The predicted octanol–water partition coefficient (Wildman–Crippen LogP) is 1.38. The third-order valence-electron chi connectivity index (χ3n) is 4.71. The van der Waals surface area contributed by atoms with Crippen molar-refractivity contribution in [3.8, 4) is 11.4 Å². The average Bonchev–Trinajstić information content (AvgIpc) is 3.10. The molecule has 2 aromatic rings. The summed E-state index contributed by atoms with van der Waals surface area (Å²) in [5.74, 6) is 0.789. The Morgan fingerprint density at radius 3 is 2.56 bits per heavy atom. The van der Waals surface area contributed by atoms with Gasteiger partial charge in [0.05, 0.1) is 6.26 Å². The van der Waals surface area contributed by atoms with Crippen LogP contribution in [-0.2, 0) is 21.2 Å². The first-order valence-corrected chi connectivity index (χ1v) is 10.8. The lowest BCUT2D eigenvalue weighted by atomic mass is 9.97. The number of hydrogen-bond acceptors (Lipinski definition) is 6. The summed E-state index contributed by atoms with van der Waals surface area (Å²) in [6, 6.07) is 7.85. The Bertz CT molecular complexity index is 884. The van der Waals surface area contributed by atoms with Crippen LogP contribution in [-0.4, -0.2) is 54.7 Å². The van der Waals surface area contributed by atoms with Gasteiger partial charge in [0, 0.05) is 37.5 Å². The number of rotatable bonds is 6. The lowest BCUT2D eigenvalue weighted by molar-refractivity contribution is -0.126. The molecule has 1 aromatic carbocycles. The van der Waals surface area contributed by atoms with Gasteiger partial charge in [0.2, 0.25) is 27.6 Å². The highest BCUT2D eigenvalue weighted by Gasteiger charge is 2.28. The van der Waals surface area contributed by atoms with Crippen LogP contribution in [0.25, 0.3) is 11.4 Å². The van der Waals surface area contributed by atoms with Gasteiger partial charge >= 0.3 is 0 Å². The van der Waals surface area contributed by atoms with Crippen LogP contribution < -0.4 is 5.32 Å². The van der Waals surface area contributed by atoms with Crippen LogP contribution in [0.2, 0.25) is 0 Å². The predicted molar refractivity (Wildman–Crippen MR) is 100 cm³/mol. The fraction of sp³-hybridized carbons (Fsp3) is 0.500. The van der Waals surface area contributed by atoms with Crippen LogP contribution in [0.5, 0.6) is 0 Å². The third-order valence-corrected chi connectivity index (χ3v) is 6.01. The van der Waals surface area contributed by atoms with E-state index in [1.807, 2.05) is 31.2 Å². The minimum atomic E-state index is -3.18. The molecule has 0 unspecified atom stereocenters. The van der Waals surface area contributed by atoms with Crippen LogP contribution in [0, 0.1) is 12.8 Å². The normalized spacial score (nSPS) is 16.4. The van der Waals surface area contributed by atoms with Gasteiger partial charge in [-0.15, -0.1) is 0 Å². The number of sulfonamides is 1. The molecule has 1 aromatic heterocycles. The van der Waals surface area contributed by atoms with Crippen LogP contribution in [0.15, 0.2) is 28.8 Å². The standard InChI is InChI=1S/C18H24N4O4S/c1-13-3-5-14(6-4-13)17-20-16(26-21-17)7-10-19-18(23)15-8-11-22(12-9-15)27(2,24)25/h3-6,15H,7-12H2,1-2H3,(H,19,23). The zero-order valence-electron chi connectivity index (χ0n) is 15.5. The molecule has 0 saturated carbocycles. The minimum absolute atomic E-state index is 0.0542. The Kier molecular flexibility index (Phi) is 5.91.